The average Bonchev–Trinajstić information content (AvgIpc) is 3.11. The van der Waals surface area contributed by atoms with Crippen LogP contribution in [0.5, 0.6) is 5.75 Å². The van der Waals surface area contributed by atoms with Crippen LogP contribution in [0.15, 0.2) is 24.3 Å². The molecule has 9 heteroatoms. The minimum Gasteiger partial charge on any atom is -0.491 e. The highest BCUT2D eigenvalue weighted by Crippen LogP contribution is 2.29. The minimum absolute atomic E-state index is 0.0173. The van der Waals surface area contributed by atoms with E-state index in [9.17, 15) is 0 Å². The van der Waals surface area contributed by atoms with E-state index >= 15 is 0 Å². The lowest BCUT2D eigenvalue weighted by Gasteiger charge is -2.17. The largest absolute Gasteiger partial charge is 0.491 e. The summed E-state index contributed by atoms with van der Waals surface area (Å²) in [5.41, 5.74) is -0.566. The molecule has 0 radical (unpaired) electrons. The zero-order valence-corrected chi connectivity index (χ0v) is 22.9. The van der Waals surface area contributed by atoms with Gasteiger partial charge < -0.3 is 43.0 Å². The van der Waals surface area contributed by atoms with Crippen LogP contribution in [-0.4, -0.2) is 111 Å². The van der Waals surface area contributed by atoms with E-state index in [1.54, 1.807) is 0 Å². The first-order valence-electron chi connectivity index (χ1n) is 22.0. The number of hydrogen-bond donors (Lipinski definition) is 1. The van der Waals surface area contributed by atoms with E-state index in [-0.39, 0.29) is 45.4 Å². The zero-order chi connectivity index (χ0) is 44.5. The van der Waals surface area contributed by atoms with Crippen LogP contribution in [0.1, 0.15) is 88.1 Å². The van der Waals surface area contributed by atoms with Crippen LogP contribution in [0.2, 0.25) is 0 Å². The fourth-order valence-corrected chi connectivity index (χ4v) is 2.88. The van der Waals surface area contributed by atoms with Gasteiger partial charge in [0.25, 0.3) is 0 Å². The molecule has 0 amide bonds. The fraction of sp³-hybridized carbons (Fsp3) is 0.806. The van der Waals surface area contributed by atoms with Gasteiger partial charge in [-0.15, -0.1) is 0 Å². The maximum Gasteiger partial charge on any atom is 0.119 e. The Hall–Kier alpha value is -1.30. The van der Waals surface area contributed by atoms with Crippen molar-refractivity contribution in [2.24, 2.45) is 0 Å². The Balaban J connectivity index is 2.65. The summed E-state index contributed by atoms with van der Waals surface area (Å²) in [6.45, 7) is -2.94. The lowest BCUT2D eigenvalue weighted by molar-refractivity contribution is -0.0221. The van der Waals surface area contributed by atoms with E-state index in [1.165, 1.54) is 0 Å². The van der Waals surface area contributed by atoms with Crippen molar-refractivity contribution in [2.45, 2.75) is 57.9 Å². The van der Waals surface area contributed by atoms with Crippen molar-refractivity contribution >= 4 is 0 Å². The molecule has 0 heterocycles. The monoisotopic (exact) mass is 591 g/mol. The van der Waals surface area contributed by atoms with E-state index in [2.05, 4.69) is 0 Å². The van der Waals surface area contributed by atoms with Crippen molar-refractivity contribution < 1.29 is 67.7 Å². The van der Waals surface area contributed by atoms with Crippen molar-refractivity contribution in [3.63, 3.8) is 0 Å². The first kappa shape index (κ1) is 17.1. The third kappa shape index (κ3) is 22.4. The molecule has 40 heavy (non-hydrogen) atoms. The van der Waals surface area contributed by atoms with Gasteiger partial charge in [0.15, 0.2) is 0 Å². The highest BCUT2D eigenvalue weighted by atomic mass is 16.6. The molecule has 0 saturated heterocycles. The third-order valence-electron chi connectivity index (χ3n) is 4.74. The van der Waals surface area contributed by atoms with E-state index < -0.39 is 63.4 Å². The molecule has 0 unspecified atom stereocenters. The van der Waals surface area contributed by atoms with Crippen molar-refractivity contribution in [1.29, 1.82) is 0 Å². The predicted molar refractivity (Wildman–Crippen MR) is 157 cm³/mol. The first-order valence-corrected chi connectivity index (χ1v) is 13.0. The molecule has 1 N–H and O–H groups in total. The maximum absolute atomic E-state index is 8.67. The Morgan fingerprint density at radius 2 is 0.950 bits per heavy atom. The molecule has 0 aromatic heterocycles. The van der Waals surface area contributed by atoms with Gasteiger partial charge in [-0.05, 0) is 36.4 Å². The number of ether oxygens (including phenoxy) is 8. The molecule has 1 rings (SSSR count). The topological polar surface area (TPSA) is 94.1 Å². The summed E-state index contributed by atoms with van der Waals surface area (Å²) in [4.78, 5) is 0. The van der Waals surface area contributed by atoms with Gasteiger partial charge in [0, 0.05) is 24.7 Å². The number of aliphatic hydroxyl groups is 1. The van der Waals surface area contributed by atoms with Crippen LogP contribution in [0, 0.1) is 0 Å². The molecule has 1 aromatic rings. The summed E-state index contributed by atoms with van der Waals surface area (Å²) in [6, 6.07) is 4.29. The molecule has 0 atom stereocenters. The van der Waals surface area contributed by atoms with Crippen LogP contribution >= 0.6 is 0 Å². The van der Waals surface area contributed by atoms with Gasteiger partial charge in [-0.2, -0.15) is 0 Å². The molecule has 0 bridgehead atoms. The van der Waals surface area contributed by atoms with Gasteiger partial charge >= 0.3 is 0 Å². The lowest BCUT2D eigenvalue weighted by Crippen LogP contribution is -2.15. The molecule has 9 nitrogen and oxygen atoms in total. The smallest absolute Gasteiger partial charge is 0.119 e. The van der Waals surface area contributed by atoms with Crippen LogP contribution in [0.3, 0.4) is 0 Å². The number of hydrogen-bond acceptors (Lipinski definition) is 9. The van der Waals surface area contributed by atoms with Crippen molar-refractivity contribution in [2.75, 3.05) is 106 Å². The van der Waals surface area contributed by atoms with Crippen molar-refractivity contribution in [3.8, 4) is 5.75 Å². The van der Waals surface area contributed by atoms with Crippen LogP contribution in [-0.2, 0) is 33.2 Å². The van der Waals surface area contributed by atoms with Gasteiger partial charge in [0.2, 0.25) is 0 Å². The molecule has 0 aliphatic carbocycles. The summed E-state index contributed by atoms with van der Waals surface area (Å²) in [6.07, 6.45) is -24.0. The molecule has 0 spiro atoms. The van der Waals surface area contributed by atoms with Crippen LogP contribution < -0.4 is 4.74 Å². The molecule has 234 valence electrons. The quantitative estimate of drug-likeness (QED) is 0.124. The highest BCUT2D eigenvalue weighted by Gasteiger charge is 2.11. The van der Waals surface area contributed by atoms with E-state index in [1.807, 2.05) is 0 Å². The Labute approximate surface area is 268 Å². The predicted octanol–water partition coefficient (Wildman–Crippen LogP) is 4.64. The second-order valence-corrected chi connectivity index (χ2v) is 7.65. The highest BCUT2D eigenvalue weighted by molar-refractivity contribution is 5.29. The number of rotatable bonds is 31. The normalized spacial score (nSPS) is 20.9. The fourth-order valence-electron chi connectivity index (χ4n) is 2.88. The van der Waals surface area contributed by atoms with E-state index in [4.69, 9.17) is 67.7 Å². The average molecular weight is 591 g/mol. The van der Waals surface area contributed by atoms with Gasteiger partial charge in [0.1, 0.15) is 12.4 Å². The van der Waals surface area contributed by atoms with Crippen molar-refractivity contribution in [1.82, 2.24) is 0 Å². The molecule has 0 saturated carbocycles. The summed E-state index contributed by atoms with van der Waals surface area (Å²) >= 11 is 0. The molecule has 1 aromatic carbocycles. The standard InChI is InChI=1S/C31H56O9/c1-3-5-7-29(8-6-4-2)30-9-11-31(12-10-30)40-28-27-39-26-25-38-24-23-37-22-21-36-20-19-35-18-17-34-16-15-33-14-13-32/h9-12,29,32H,3-8,13-28H2,1-2H3/i1D3,2D3,3D2,4D2,5D2,6D2,7D2,8D2. The summed E-state index contributed by atoms with van der Waals surface area (Å²) in [5, 5.41) is 8.60. The summed E-state index contributed by atoms with van der Waals surface area (Å²) in [5.74, 6) is -2.71. The number of aliphatic hydroxyl groups excluding tert-OH is 1. The maximum atomic E-state index is 8.67. The summed E-state index contributed by atoms with van der Waals surface area (Å²) in [7, 11) is 0. The SMILES string of the molecule is [2H]C([2H])([2H])C([2H])([2H])C([2H])([2H])C([2H])([2H])C(c1ccc(OCCOCCOCCOCCOCCOCCOCCOCCO)cc1)C([2H])([2H])C([2H])([2H])C([2H])([2H])C([2H])([2H])[2H]. The Kier molecular flexibility index (Phi) is 12.5. The summed E-state index contributed by atoms with van der Waals surface area (Å²) < 4.78 is 188. The van der Waals surface area contributed by atoms with Gasteiger partial charge in [0.05, 0.1) is 99.1 Å². The molecular weight excluding hydrogens is 516 g/mol. The third-order valence-corrected chi connectivity index (χ3v) is 4.74. The van der Waals surface area contributed by atoms with E-state index in [0.717, 1.165) is 24.3 Å². The van der Waals surface area contributed by atoms with Crippen LogP contribution in [0.4, 0.5) is 0 Å². The minimum atomic E-state index is -4.09. The second-order valence-electron chi connectivity index (χ2n) is 7.65. The number of benzene rings is 1. The van der Waals surface area contributed by atoms with Crippen LogP contribution in [0.25, 0.3) is 0 Å². The Bertz CT molecular complexity index is 1230. The van der Waals surface area contributed by atoms with Gasteiger partial charge in [-0.3, -0.25) is 0 Å². The second kappa shape index (κ2) is 29.2. The van der Waals surface area contributed by atoms with E-state index in [0.29, 0.717) is 66.1 Å². The molecular formula is C31H56O9. The molecule has 0 aliphatic rings. The van der Waals surface area contributed by atoms with Gasteiger partial charge in [-0.1, -0.05) is 51.3 Å². The lowest BCUT2D eigenvalue weighted by atomic mass is 9.89. The Morgan fingerprint density at radius 3 is 1.32 bits per heavy atom. The van der Waals surface area contributed by atoms with Gasteiger partial charge in [-0.25, -0.2) is 0 Å². The zero-order valence-electron chi connectivity index (χ0n) is 40.9. The van der Waals surface area contributed by atoms with Crippen molar-refractivity contribution in [3.05, 3.63) is 29.8 Å². The Morgan fingerprint density at radius 1 is 0.575 bits per heavy atom. The first-order chi connectivity index (χ1) is 26.7. The molecule has 0 aliphatic heterocycles. The molecule has 0 fully saturated rings.